The van der Waals surface area contributed by atoms with E-state index in [1.807, 2.05) is 13.8 Å². The zero-order valence-electron chi connectivity index (χ0n) is 6.10. The van der Waals surface area contributed by atoms with E-state index in [0.29, 0.717) is 7.28 Å². The van der Waals surface area contributed by atoms with Crippen molar-refractivity contribution in [1.29, 1.82) is 0 Å². The van der Waals surface area contributed by atoms with Crippen molar-refractivity contribution in [3.8, 4) is 0 Å². The molecule has 0 rings (SSSR count). The van der Waals surface area contributed by atoms with Gasteiger partial charge in [0.25, 0.3) is 7.28 Å². The van der Waals surface area contributed by atoms with Crippen LogP contribution in [0.2, 0.25) is 6.82 Å². The van der Waals surface area contributed by atoms with Gasteiger partial charge in [0.1, 0.15) is 5.34 Å². The van der Waals surface area contributed by atoms with Crippen LogP contribution in [0.5, 0.6) is 0 Å². The lowest BCUT2D eigenvalue weighted by atomic mass is 9.83. The first kappa shape index (κ1) is 8.96. The van der Waals surface area contributed by atoms with Crippen molar-refractivity contribution in [1.82, 2.24) is 0 Å². The summed E-state index contributed by atoms with van der Waals surface area (Å²) in [5.41, 5.74) is 0. The molecule has 2 nitrogen and oxygen atoms in total. The molecule has 0 aliphatic heterocycles. The fourth-order valence-electron chi connectivity index (χ4n) is 0.366. The number of hydrogen-bond acceptors (Lipinski definition) is 2. The maximum Gasteiger partial charge on any atom is 0.257 e. The zero-order chi connectivity index (χ0) is 7.49. The van der Waals surface area contributed by atoms with Crippen LogP contribution in [0.1, 0.15) is 13.8 Å². The minimum absolute atomic E-state index is 0.157. The van der Waals surface area contributed by atoms with Crippen molar-refractivity contribution >= 4 is 22.4 Å². The quantitative estimate of drug-likeness (QED) is 0.432. The maximum atomic E-state index is 10.6. The van der Waals surface area contributed by atoms with Gasteiger partial charge < -0.3 is 4.74 Å². The SMILES string of the molecule is CBC(=O)OC(C)(C)P. The fraction of sp³-hybridized carbons (Fsp3) is 0.800. The molecule has 0 fully saturated rings. The van der Waals surface area contributed by atoms with Gasteiger partial charge in [-0.05, 0) is 13.8 Å². The Hall–Kier alpha value is -0.0351. The fourth-order valence-corrected chi connectivity index (χ4v) is 0.497. The molecule has 1 unspecified atom stereocenters. The van der Waals surface area contributed by atoms with Gasteiger partial charge in [-0.15, -0.1) is 0 Å². The minimum atomic E-state index is -0.410. The van der Waals surface area contributed by atoms with E-state index in [1.54, 1.807) is 6.82 Å². The average molecular weight is 146 g/mol. The first-order valence-corrected chi connectivity index (χ1v) is 3.54. The Labute approximate surface area is 58.8 Å². The molecular formula is C5H12BO2P. The van der Waals surface area contributed by atoms with Crippen molar-refractivity contribution in [2.75, 3.05) is 0 Å². The van der Waals surface area contributed by atoms with Crippen molar-refractivity contribution in [3.63, 3.8) is 0 Å². The van der Waals surface area contributed by atoms with Crippen LogP contribution in [0.25, 0.3) is 0 Å². The highest BCUT2D eigenvalue weighted by Crippen LogP contribution is 2.17. The molecular weight excluding hydrogens is 134 g/mol. The van der Waals surface area contributed by atoms with Crippen molar-refractivity contribution in [3.05, 3.63) is 0 Å². The molecule has 0 aliphatic carbocycles. The van der Waals surface area contributed by atoms with E-state index in [9.17, 15) is 4.79 Å². The van der Waals surface area contributed by atoms with Crippen molar-refractivity contribution < 1.29 is 9.53 Å². The van der Waals surface area contributed by atoms with Gasteiger partial charge in [0, 0.05) is 0 Å². The summed E-state index contributed by atoms with van der Waals surface area (Å²) < 4.78 is 4.91. The summed E-state index contributed by atoms with van der Waals surface area (Å²) in [4.78, 5) is 10.6. The third-order valence-electron chi connectivity index (χ3n) is 0.666. The van der Waals surface area contributed by atoms with Gasteiger partial charge in [-0.2, -0.15) is 0 Å². The molecule has 0 bridgehead atoms. The lowest BCUT2D eigenvalue weighted by molar-refractivity contribution is 0.120. The van der Waals surface area contributed by atoms with Crippen molar-refractivity contribution in [2.24, 2.45) is 0 Å². The second-order valence-electron chi connectivity index (χ2n) is 2.43. The standard InChI is InChI=1S/C5H12BO2P/c1-5(2,9)8-4(7)6-3/h6H,9H2,1-3H3. The average Bonchev–Trinajstić information content (AvgIpc) is 1.62. The Morgan fingerprint density at radius 2 is 2.11 bits per heavy atom. The lowest BCUT2D eigenvalue weighted by Crippen LogP contribution is -2.21. The molecule has 0 aromatic carbocycles. The monoisotopic (exact) mass is 146 g/mol. The summed E-state index contributed by atoms with van der Waals surface area (Å²) in [6.45, 7) is 5.43. The summed E-state index contributed by atoms with van der Waals surface area (Å²) in [5.74, 6) is -0.157. The predicted molar refractivity (Wildman–Crippen MR) is 43.3 cm³/mol. The smallest absolute Gasteiger partial charge is 0.257 e. The first-order valence-electron chi connectivity index (χ1n) is 2.96. The largest absolute Gasteiger partial charge is 0.464 e. The van der Waals surface area contributed by atoms with Gasteiger partial charge in [-0.3, -0.25) is 4.79 Å². The Bertz CT molecular complexity index is 108. The molecule has 0 spiro atoms. The van der Waals surface area contributed by atoms with E-state index in [1.165, 1.54) is 0 Å². The van der Waals surface area contributed by atoms with E-state index in [-0.39, 0.29) is 5.87 Å². The summed E-state index contributed by atoms with van der Waals surface area (Å²) in [7, 11) is 2.89. The third kappa shape index (κ3) is 5.84. The van der Waals surface area contributed by atoms with Gasteiger partial charge in [0.15, 0.2) is 0 Å². The van der Waals surface area contributed by atoms with E-state index in [4.69, 9.17) is 4.74 Å². The molecule has 1 atom stereocenters. The van der Waals surface area contributed by atoms with Crippen LogP contribution >= 0.6 is 9.24 Å². The van der Waals surface area contributed by atoms with E-state index in [0.717, 1.165) is 0 Å². The van der Waals surface area contributed by atoms with E-state index < -0.39 is 5.34 Å². The van der Waals surface area contributed by atoms with Crippen LogP contribution in [0.4, 0.5) is 4.79 Å². The molecule has 0 aromatic rings. The van der Waals surface area contributed by atoms with Crippen LogP contribution in [-0.4, -0.2) is 18.5 Å². The molecule has 0 radical (unpaired) electrons. The number of carbonyl (C=O) groups excluding carboxylic acids is 1. The van der Waals surface area contributed by atoms with Crippen molar-refractivity contribution in [2.45, 2.75) is 26.0 Å². The zero-order valence-corrected chi connectivity index (χ0v) is 7.26. The summed E-state index contributed by atoms with van der Waals surface area (Å²) in [5, 5.41) is -0.410. The summed E-state index contributed by atoms with van der Waals surface area (Å²) in [6.07, 6.45) is 0. The Kier molecular flexibility index (Phi) is 3.20. The molecule has 0 saturated carbocycles. The van der Waals surface area contributed by atoms with Crippen LogP contribution < -0.4 is 0 Å². The predicted octanol–water partition coefficient (Wildman–Crippen LogP) is 1.22. The Morgan fingerprint density at radius 3 is 2.22 bits per heavy atom. The third-order valence-corrected chi connectivity index (χ3v) is 0.783. The van der Waals surface area contributed by atoms with Crippen LogP contribution in [-0.2, 0) is 4.74 Å². The van der Waals surface area contributed by atoms with Gasteiger partial charge in [-0.1, -0.05) is 16.1 Å². The summed E-state index contributed by atoms with van der Waals surface area (Å²) >= 11 is 0. The lowest BCUT2D eigenvalue weighted by Gasteiger charge is -2.18. The Morgan fingerprint density at radius 1 is 1.67 bits per heavy atom. The maximum absolute atomic E-state index is 10.6. The molecule has 4 heteroatoms. The number of carbonyl (C=O) groups is 1. The topological polar surface area (TPSA) is 26.3 Å². The molecule has 0 saturated heterocycles. The Balaban J connectivity index is 3.60. The molecule has 0 amide bonds. The highest BCUT2D eigenvalue weighted by Gasteiger charge is 2.14. The second-order valence-corrected chi connectivity index (χ2v) is 3.82. The summed E-state index contributed by atoms with van der Waals surface area (Å²) in [6, 6.07) is 0. The molecule has 0 heterocycles. The van der Waals surface area contributed by atoms with E-state index >= 15 is 0 Å². The number of hydrogen-bond donors (Lipinski definition) is 0. The van der Waals surface area contributed by atoms with Crippen LogP contribution in [0, 0.1) is 0 Å². The molecule has 0 N–H and O–H groups in total. The molecule has 9 heavy (non-hydrogen) atoms. The van der Waals surface area contributed by atoms with Gasteiger partial charge in [0.2, 0.25) is 5.87 Å². The number of rotatable bonds is 2. The molecule has 0 aliphatic rings. The normalized spacial score (nSPS) is 10.7. The van der Waals surface area contributed by atoms with Crippen LogP contribution in [0.3, 0.4) is 0 Å². The second kappa shape index (κ2) is 3.21. The van der Waals surface area contributed by atoms with E-state index in [2.05, 4.69) is 9.24 Å². The minimum Gasteiger partial charge on any atom is -0.464 e. The van der Waals surface area contributed by atoms with Gasteiger partial charge in [-0.25, -0.2) is 0 Å². The number of ether oxygens (including phenoxy) is 1. The highest BCUT2D eigenvalue weighted by atomic mass is 31.0. The molecule has 52 valence electrons. The highest BCUT2D eigenvalue weighted by molar-refractivity contribution is 7.18. The first-order chi connectivity index (χ1) is 3.95. The molecule has 0 aromatic heterocycles. The van der Waals surface area contributed by atoms with Gasteiger partial charge in [0.05, 0.1) is 0 Å². The van der Waals surface area contributed by atoms with Crippen LogP contribution in [0.15, 0.2) is 0 Å². The van der Waals surface area contributed by atoms with Gasteiger partial charge >= 0.3 is 0 Å².